The third kappa shape index (κ3) is 4.60. The maximum Gasteiger partial charge on any atom is 0.255 e. The van der Waals surface area contributed by atoms with Crippen molar-refractivity contribution in [3.63, 3.8) is 0 Å². The Labute approximate surface area is 133 Å². The van der Waals surface area contributed by atoms with Gasteiger partial charge in [-0.2, -0.15) is 0 Å². The Kier molecular flexibility index (Phi) is 5.39. The average Bonchev–Trinajstić information content (AvgIpc) is 2.48. The van der Waals surface area contributed by atoms with E-state index in [1.165, 1.54) is 0 Å². The average molecular weight is 348 g/mol. The largest absolute Gasteiger partial charge is 0.493 e. The van der Waals surface area contributed by atoms with E-state index in [0.29, 0.717) is 18.1 Å². The summed E-state index contributed by atoms with van der Waals surface area (Å²) in [4.78, 5) is 12.2. The fourth-order valence-electron chi connectivity index (χ4n) is 1.72. The molecule has 110 valence electrons. The highest BCUT2D eigenvalue weighted by Gasteiger charge is 2.08. The van der Waals surface area contributed by atoms with Crippen LogP contribution in [-0.4, -0.2) is 12.5 Å². The second-order valence-corrected chi connectivity index (χ2v) is 6.02. The molecule has 0 aliphatic heterocycles. The second kappa shape index (κ2) is 7.27. The zero-order chi connectivity index (χ0) is 15.2. The van der Waals surface area contributed by atoms with E-state index in [0.717, 1.165) is 15.9 Å². The van der Waals surface area contributed by atoms with Crippen LogP contribution in [0.5, 0.6) is 5.75 Å². The maximum atomic E-state index is 12.2. The van der Waals surface area contributed by atoms with E-state index in [1.807, 2.05) is 36.4 Å². The highest BCUT2D eigenvalue weighted by atomic mass is 79.9. The Hall–Kier alpha value is -1.81. The molecular formula is C17H18BrNO2. The summed E-state index contributed by atoms with van der Waals surface area (Å²) >= 11 is 3.41. The van der Waals surface area contributed by atoms with E-state index in [4.69, 9.17) is 4.74 Å². The standard InChI is InChI=1S/C17H18BrNO2/c1-12(2)11-21-14-9-7-13(8-10-14)17(20)19-16-6-4-3-5-15(16)18/h3-10,12H,11H2,1-2H3,(H,19,20). The number of para-hydroxylation sites is 1. The van der Waals surface area contributed by atoms with Gasteiger partial charge in [-0.15, -0.1) is 0 Å². The molecule has 0 atom stereocenters. The van der Waals surface area contributed by atoms with Crippen LogP contribution in [0.25, 0.3) is 0 Å². The van der Waals surface area contributed by atoms with Gasteiger partial charge in [0.1, 0.15) is 5.75 Å². The van der Waals surface area contributed by atoms with Gasteiger partial charge in [0.2, 0.25) is 0 Å². The number of anilines is 1. The highest BCUT2D eigenvalue weighted by Crippen LogP contribution is 2.22. The van der Waals surface area contributed by atoms with Crippen LogP contribution in [0.4, 0.5) is 5.69 Å². The fraction of sp³-hybridized carbons (Fsp3) is 0.235. The van der Waals surface area contributed by atoms with Crippen molar-refractivity contribution >= 4 is 27.5 Å². The number of ether oxygens (including phenoxy) is 1. The molecule has 3 nitrogen and oxygen atoms in total. The summed E-state index contributed by atoms with van der Waals surface area (Å²) in [6.45, 7) is 4.86. The monoisotopic (exact) mass is 347 g/mol. The van der Waals surface area contributed by atoms with Crippen molar-refractivity contribution in [1.82, 2.24) is 0 Å². The minimum Gasteiger partial charge on any atom is -0.493 e. The van der Waals surface area contributed by atoms with Gasteiger partial charge < -0.3 is 10.1 Å². The lowest BCUT2D eigenvalue weighted by molar-refractivity contribution is 0.102. The van der Waals surface area contributed by atoms with Crippen molar-refractivity contribution < 1.29 is 9.53 Å². The van der Waals surface area contributed by atoms with Crippen LogP contribution < -0.4 is 10.1 Å². The molecule has 0 heterocycles. The lowest BCUT2D eigenvalue weighted by atomic mass is 10.2. The molecule has 0 unspecified atom stereocenters. The molecule has 4 heteroatoms. The molecule has 0 saturated heterocycles. The molecule has 0 aromatic heterocycles. The van der Waals surface area contributed by atoms with E-state index in [2.05, 4.69) is 35.1 Å². The molecule has 0 bridgehead atoms. The summed E-state index contributed by atoms with van der Waals surface area (Å²) in [7, 11) is 0. The van der Waals surface area contributed by atoms with Gasteiger partial charge in [0.25, 0.3) is 5.91 Å². The third-order valence-corrected chi connectivity index (χ3v) is 3.51. The van der Waals surface area contributed by atoms with Crippen LogP contribution in [0.3, 0.4) is 0 Å². The van der Waals surface area contributed by atoms with Crippen molar-refractivity contribution in [2.75, 3.05) is 11.9 Å². The molecule has 0 aliphatic rings. The van der Waals surface area contributed by atoms with Crippen molar-refractivity contribution in [1.29, 1.82) is 0 Å². The topological polar surface area (TPSA) is 38.3 Å². The minimum atomic E-state index is -0.141. The smallest absolute Gasteiger partial charge is 0.255 e. The molecule has 21 heavy (non-hydrogen) atoms. The number of carbonyl (C=O) groups is 1. The third-order valence-electron chi connectivity index (χ3n) is 2.82. The minimum absolute atomic E-state index is 0.141. The number of nitrogens with one attached hydrogen (secondary N) is 1. The fourth-order valence-corrected chi connectivity index (χ4v) is 2.11. The Bertz CT molecular complexity index is 608. The van der Waals surface area contributed by atoms with Gasteiger partial charge >= 0.3 is 0 Å². The molecule has 0 fully saturated rings. The quantitative estimate of drug-likeness (QED) is 0.848. The number of rotatable bonds is 5. The predicted molar refractivity (Wildman–Crippen MR) is 88.9 cm³/mol. The molecule has 2 aromatic carbocycles. The summed E-state index contributed by atoms with van der Waals surface area (Å²) in [5.74, 6) is 1.11. The summed E-state index contributed by atoms with van der Waals surface area (Å²) < 4.78 is 6.46. The normalized spacial score (nSPS) is 10.5. The SMILES string of the molecule is CC(C)COc1ccc(C(=O)Nc2ccccc2Br)cc1. The van der Waals surface area contributed by atoms with Gasteiger partial charge in [0.15, 0.2) is 0 Å². The van der Waals surface area contributed by atoms with Crippen molar-refractivity contribution in [3.05, 3.63) is 58.6 Å². The lowest BCUT2D eigenvalue weighted by Gasteiger charge is -2.10. The van der Waals surface area contributed by atoms with Gasteiger partial charge in [0, 0.05) is 10.0 Å². The van der Waals surface area contributed by atoms with Gasteiger partial charge in [-0.05, 0) is 58.2 Å². The Morgan fingerprint density at radius 2 is 1.81 bits per heavy atom. The molecule has 0 spiro atoms. The molecular weight excluding hydrogens is 330 g/mol. The van der Waals surface area contributed by atoms with E-state index in [-0.39, 0.29) is 5.91 Å². The van der Waals surface area contributed by atoms with Crippen LogP contribution in [0, 0.1) is 5.92 Å². The summed E-state index contributed by atoms with van der Waals surface area (Å²) in [5, 5.41) is 2.87. The first-order valence-electron chi connectivity index (χ1n) is 6.85. The molecule has 0 saturated carbocycles. The van der Waals surface area contributed by atoms with Crippen LogP contribution in [0.1, 0.15) is 24.2 Å². The van der Waals surface area contributed by atoms with Crippen molar-refractivity contribution in [2.24, 2.45) is 5.92 Å². The van der Waals surface area contributed by atoms with E-state index in [1.54, 1.807) is 12.1 Å². The Morgan fingerprint density at radius 3 is 2.43 bits per heavy atom. The lowest BCUT2D eigenvalue weighted by Crippen LogP contribution is -2.12. The number of halogens is 1. The molecule has 2 rings (SSSR count). The first-order valence-corrected chi connectivity index (χ1v) is 7.64. The number of carbonyl (C=O) groups excluding carboxylic acids is 1. The summed E-state index contributed by atoms with van der Waals surface area (Å²) in [6, 6.07) is 14.7. The van der Waals surface area contributed by atoms with Crippen LogP contribution in [0.15, 0.2) is 53.0 Å². The van der Waals surface area contributed by atoms with E-state index in [9.17, 15) is 4.79 Å². The maximum absolute atomic E-state index is 12.2. The number of hydrogen-bond donors (Lipinski definition) is 1. The van der Waals surface area contributed by atoms with Gasteiger partial charge in [-0.1, -0.05) is 26.0 Å². The number of amides is 1. The number of benzene rings is 2. The van der Waals surface area contributed by atoms with Gasteiger partial charge in [-0.25, -0.2) is 0 Å². The summed E-state index contributed by atoms with van der Waals surface area (Å²) in [6.07, 6.45) is 0. The van der Waals surface area contributed by atoms with Gasteiger partial charge in [-0.3, -0.25) is 4.79 Å². The predicted octanol–water partition coefficient (Wildman–Crippen LogP) is 4.74. The van der Waals surface area contributed by atoms with Crippen LogP contribution >= 0.6 is 15.9 Å². The Morgan fingerprint density at radius 1 is 1.14 bits per heavy atom. The van der Waals surface area contributed by atoms with Crippen LogP contribution in [0.2, 0.25) is 0 Å². The molecule has 1 N–H and O–H groups in total. The van der Waals surface area contributed by atoms with Crippen molar-refractivity contribution in [2.45, 2.75) is 13.8 Å². The molecule has 0 aliphatic carbocycles. The zero-order valence-electron chi connectivity index (χ0n) is 12.1. The van der Waals surface area contributed by atoms with Crippen LogP contribution in [-0.2, 0) is 0 Å². The molecule has 0 radical (unpaired) electrons. The second-order valence-electron chi connectivity index (χ2n) is 5.16. The van der Waals surface area contributed by atoms with E-state index >= 15 is 0 Å². The van der Waals surface area contributed by atoms with E-state index < -0.39 is 0 Å². The number of hydrogen-bond acceptors (Lipinski definition) is 2. The Balaban J connectivity index is 2.01. The first kappa shape index (κ1) is 15.6. The molecule has 2 aromatic rings. The highest BCUT2D eigenvalue weighted by molar-refractivity contribution is 9.10. The molecule has 1 amide bonds. The first-order chi connectivity index (χ1) is 10.1. The zero-order valence-corrected chi connectivity index (χ0v) is 13.7. The summed E-state index contributed by atoms with van der Waals surface area (Å²) in [5.41, 5.74) is 1.35. The van der Waals surface area contributed by atoms with Crippen molar-refractivity contribution in [3.8, 4) is 5.75 Å². The van der Waals surface area contributed by atoms with Gasteiger partial charge in [0.05, 0.1) is 12.3 Å².